The van der Waals surface area contributed by atoms with Crippen molar-refractivity contribution in [1.82, 2.24) is 5.32 Å². The Morgan fingerprint density at radius 2 is 2.16 bits per heavy atom. The highest BCUT2D eigenvalue weighted by atomic mass is 19.1. The Bertz CT molecular complexity index is 461. The summed E-state index contributed by atoms with van der Waals surface area (Å²) in [4.78, 5) is 13.3. The molecule has 1 amide bonds. The van der Waals surface area contributed by atoms with Gasteiger partial charge in [0.05, 0.1) is 12.6 Å². The fourth-order valence-corrected chi connectivity index (χ4v) is 1.91. The molecule has 0 heterocycles. The summed E-state index contributed by atoms with van der Waals surface area (Å²) in [6, 6.07) is 3.01. The zero-order chi connectivity index (χ0) is 14.6. The quantitative estimate of drug-likeness (QED) is 0.855. The number of amides is 1. The number of benzene rings is 1. The summed E-state index contributed by atoms with van der Waals surface area (Å²) in [5.74, 6) is -0.476. The van der Waals surface area contributed by atoms with E-state index >= 15 is 0 Å². The van der Waals surface area contributed by atoms with Crippen molar-refractivity contribution in [3.63, 3.8) is 0 Å². The second kappa shape index (κ2) is 6.52. The Morgan fingerprint density at radius 3 is 2.63 bits per heavy atom. The van der Waals surface area contributed by atoms with Crippen molar-refractivity contribution in [3.8, 4) is 0 Å². The highest BCUT2D eigenvalue weighted by Gasteiger charge is 2.17. The number of nitrogens with zero attached hydrogens (tertiary/aromatic N) is 1. The minimum Gasteiger partial charge on any atom is -0.389 e. The van der Waals surface area contributed by atoms with Gasteiger partial charge in [0.1, 0.15) is 5.82 Å². The van der Waals surface area contributed by atoms with Crippen LogP contribution >= 0.6 is 0 Å². The molecule has 5 heteroatoms. The number of hydrogen-bond donors (Lipinski definition) is 2. The van der Waals surface area contributed by atoms with Gasteiger partial charge in [-0.1, -0.05) is 0 Å². The number of hydrogen-bond acceptors (Lipinski definition) is 3. The van der Waals surface area contributed by atoms with Gasteiger partial charge in [0.25, 0.3) is 0 Å². The Morgan fingerprint density at radius 1 is 1.53 bits per heavy atom. The molecule has 106 valence electrons. The molecule has 0 spiro atoms. The molecule has 1 aromatic rings. The summed E-state index contributed by atoms with van der Waals surface area (Å²) in [5.41, 5.74) is 1.68. The predicted octanol–water partition coefficient (Wildman–Crippen LogP) is 1.76. The standard InChI is InChI=1S/C14H21FN2O2/c1-5-17(8-14(19)16-4)13-6-9(2)12(15)7-11(13)10(3)18/h6-7,10,18H,5,8H2,1-4H3,(H,16,19)/t10-/m1/s1. The molecule has 0 aromatic heterocycles. The highest BCUT2D eigenvalue weighted by molar-refractivity contribution is 5.81. The number of aliphatic hydroxyl groups is 1. The normalized spacial score (nSPS) is 12.1. The Kier molecular flexibility index (Phi) is 5.30. The average Bonchev–Trinajstić information content (AvgIpc) is 2.38. The summed E-state index contributed by atoms with van der Waals surface area (Å²) >= 11 is 0. The van der Waals surface area contributed by atoms with Gasteiger partial charge >= 0.3 is 0 Å². The summed E-state index contributed by atoms with van der Waals surface area (Å²) in [5, 5.41) is 12.3. The summed E-state index contributed by atoms with van der Waals surface area (Å²) in [6.45, 7) is 5.93. The average molecular weight is 268 g/mol. The van der Waals surface area contributed by atoms with Gasteiger partial charge in [0.15, 0.2) is 0 Å². The Balaban J connectivity index is 3.21. The zero-order valence-corrected chi connectivity index (χ0v) is 11.8. The molecule has 0 aliphatic carbocycles. The molecule has 1 aromatic carbocycles. The minimum absolute atomic E-state index is 0.125. The monoisotopic (exact) mass is 268 g/mol. The van der Waals surface area contributed by atoms with Crippen molar-refractivity contribution in [2.75, 3.05) is 25.0 Å². The van der Waals surface area contributed by atoms with E-state index in [0.717, 1.165) is 0 Å². The van der Waals surface area contributed by atoms with Crippen LogP contribution in [0.2, 0.25) is 0 Å². The summed E-state index contributed by atoms with van der Waals surface area (Å²) in [7, 11) is 1.57. The molecule has 0 saturated carbocycles. The van der Waals surface area contributed by atoms with Crippen molar-refractivity contribution in [2.24, 2.45) is 0 Å². The minimum atomic E-state index is -0.788. The highest BCUT2D eigenvalue weighted by Crippen LogP contribution is 2.29. The van der Waals surface area contributed by atoms with E-state index in [-0.39, 0.29) is 18.3 Å². The number of rotatable bonds is 5. The molecule has 0 aliphatic heterocycles. The van der Waals surface area contributed by atoms with Crippen LogP contribution < -0.4 is 10.2 Å². The molecule has 0 bridgehead atoms. The number of anilines is 1. The Labute approximate surface area is 113 Å². The van der Waals surface area contributed by atoms with Gasteiger partial charge in [-0.05, 0) is 38.5 Å². The largest absolute Gasteiger partial charge is 0.389 e. The molecule has 19 heavy (non-hydrogen) atoms. The second-order valence-electron chi connectivity index (χ2n) is 4.52. The SMILES string of the molecule is CCN(CC(=O)NC)c1cc(C)c(F)cc1[C@@H](C)O. The van der Waals surface area contributed by atoms with Crippen molar-refractivity contribution < 1.29 is 14.3 Å². The van der Waals surface area contributed by atoms with Crippen molar-refractivity contribution in [3.05, 3.63) is 29.1 Å². The topological polar surface area (TPSA) is 52.6 Å². The van der Waals surface area contributed by atoms with Gasteiger partial charge in [-0.25, -0.2) is 4.39 Å². The van der Waals surface area contributed by atoms with Crippen molar-refractivity contribution in [2.45, 2.75) is 26.9 Å². The second-order valence-corrected chi connectivity index (χ2v) is 4.52. The van der Waals surface area contributed by atoms with E-state index < -0.39 is 6.10 Å². The first kappa shape index (κ1) is 15.4. The maximum absolute atomic E-state index is 13.6. The van der Waals surface area contributed by atoms with Crippen LogP contribution in [0.15, 0.2) is 12.1 Å². The number of carbonyl (C=O) groups excluding carboxylic acids is 1. The van der Waals surface area contributed by atoms with Gasteiger partial charge in [-0.2, -0.15) is 0 Å². The van der Waals surface area contributed by atoms with E-state index in [4.69, 9.17) is 0 Å². The third kappa shape index (κ3) is 3.67. The number of likely N-dealkylation sites (N-methyl/N-ethyl adjacent to an activating group) is 2. The van der Waals surface area contributed by atoms with Gasteiger partial charge < -0.3 is 15.3 Å². The zero-order valence-electron chi connectivity index (χ0n) is 11.8. The molecule has 2 N–H and O–H groups in total. The smallest absolute Gasteiger partial charge is 0.239 e. The van der Waals surface area contributed by atoms with Crippen LogP contribution in [0.4, 0.5) is 10.1 Å². The fourth-order valence-electron chi connectivity index (χ4n) is 1.91. The van der Waals surface area contributed by atoms with Crippen molar-refractivity contribution >= 4 is 11.6 Å². The number of halogens is 1. The van der Waals surface area contributed by atoms with Gasteiger partial charge in [0, 0.05) is 24.8 Å². The molecule has 1 rings (SSSR count). The first-order valence-electron chi connectivity index (χ1n) is 6.34. The lowest BCUT2D eigenvalue weighted by Crippen LogP contribution is -2.36. The van der Waals surface area contributed by atoms with Gasteiger partial charge in [-0.3, -0.25) is 4.79 Å². The van der Waals surface area contributed by atoms with Gasteiger partial charge in [-0.15, -0.1) is 0 Å². The summed E-state index contributed by atoms with van der Waals surface area (Å²) in [6.07, 6.45) is -0.788. The third-order valence-corrected chi connectivity index (χ3v) is 3.09. The number of aliphatic hydroxyl groups excluding tert-OH is 1. The molecule has 0 unspecified atom stereocenters. The number of carbonyl (C=O) groups is 1. The van der Waals surface area contributed by atoms with Crippen LogP contribution in [0.5, 0.6) is 0 Å². The first-order chi connectivity index (χ1) is 8.90. The molecule has 0 aliphatic rings. The van der Waals surface area contributed by atoms with Crippen LogP contribution in [0.1, 0.15) is 31.1 Å². The molecule has 0 fully saturated rings. The summed E-state index contributed by atoms with van der Waals surface area (Å²) < 4.78 is 13.6. The maximum Gasteiger partial charge on any atom is 0.239 e. The molecule has 0 saturated heterocycles. The van der Waals surface area contributed by atoms with E-state index in [0.29, 0.717) is 23.4 Å². The fraction of sp³-hybridized carbons (Fsp3) is 0.500. The number of nitrogens with one attached hydrogen (secondary N) is 1. The lowest BCUT2D eigenvalue weighted by molar-refractivity contribution is -0.119. The molecule has 4 nitrogen and oxygen atoms in total. The predicted molar refractivity (Wildman–Crippen MR) is 73.7 cm³/mol. The molecular formula is C14H21FN2O2. The van der Waals surface area contributed by atoms with E-state index in [2.05, 4.69) is 5.32 Å². The van der Waals surface area contributed by atoms with Gasteiger partial charge in [0.2, 0.25) is 5.91 Å². The van der Waals surface area contributed by atoms with Crippen LogP contribution in [0.3, 0.4) is 0 Å². The van der Waals surface area contributed by atoms with Crippen LogP contribution in [-0.4, -0.2) is 31.2 Å². The van der Waals surface area contributed by atoms with E-state index in [1.165, 1.54) is 6.07 Å². The maximum atomic E-state index is 13.6. The third-order valence-electron chi connectivity index (χ3n) is 3.09. The van der Waals surface area contributed by atoms with E-state index in [1.54, 1.807) is 27.0 Å². The number of aryl methyl sites for hydroxylation is 1. The lowest BCUT2D eigenvalue weighted by atomic mass is 10.0. The van der Waals surface area contributed by atoms with Crippen LogP contribution in [0, 0.1) is 12.7 Å². The van der Waals surface area contributed by atoms with E-state index in [1.807, 2.05) is 11.8 Å². The molecule has 0 radical (unpaired) electrons. The van der Waals surface area contributed by atoms with Crippen molar-refractivity contribution in [1.29, 1.82) is 0 Å². The first-order valence-corrected chi connectivity index (χ1v) is 6.34. The van der Waals surface area contributed by atoms with E-state index in [9.17, 15) is 14.3 Å². The lowest BCUT2D eigenvalue weighted by Gasteiger charge is -2.26. The van der Waals surface area contributed by atoms with Crippen LogP contribution in [0.25, 0.3) is 0 Å². The molecule has 1 atom stereocenters. The Hall–Kier alpha value is -1.62. The van der Waals surface area contributed by atoms with Crippen LogP contribution in [-0.2, 0) is 4.79 Å². The molecular weight excluding hydrogens is 247 g/mol.